The average molecular weight is 130 g/mol. The van der Waals surface area contributed by atoms with Crippen LogP contribution in [0.1, 0.15) is 20.3 Å². The third kappa shape index (κ3) is 5.53. The highest BCUT2D eigenvalue weighted by Gasteiger charge is 1.92. The van der Waals surface area contributed by atoms with E-state index in [4.69, 9.17) is 10.2 Å². The molecule has 0 saturated carbocycles. The van der Waals surface area contributed by atoms with Gasteiger partial charge in [-0.05, 0) is 13.3 Å². The van der Waals surface area contributed by atoms with Crippen LogP contribution in [0.3, 0.4) is 0 Å². The van der Waals surface area contributed by atoms with Crippen LogP contribution in [0.4, 0.5) is 0 Å². The van der Waals surface area contributed by atoms with E-state index in [-0.39, 0.29) is 0 Å². The molecule has 0 aliphatic heterocycles. The predicted octanol–water partition coefficient (Wildman–Crippen LogP) is 0.694. The van der Waals surface area contributed by atoms with Crippen molar-refractivity contribution >= 4 is 0 Å². The molecule has 0 aliphatic carbocycles. The first-order valence-electron chi connectivity index (χ1n) is 3.21. The van der Waals surface area contributed by atoms with Gasteiger partial charge in [-0.15, -0.1) is 0 Å². The summed E-state index contributed by atoms with van der Waals surface area (Å²) in [6.45, 7) is 3.54. The first-order valence-corrected chi connectivity index (χ1v) is 3.21. The van der Waals surface area contributed by atoms with Gasteiger partial charge in [0.15, 0.2) is 0 Å². The van der Waals surface area contributed by atoms with Gasteiger partial charge in [-0.1, -0.05) is 19.1 Å². The van der Waals surface area contributed by atoms with Crippen LogP contribution in [0, 0.1) is 0 Å². The summed E-state index contributed by atoms with van der Waals surface area (Å²) >= 11 is 0. The number of hydrogen-bond acceptors (Lipinski definition) is 2. The van der Waals surface area contributed by atoms with E-state index in [1.807, 2.05) is 6.92 Å². The summed E-state index contributed by atoms with van der Waals surface area (Å²) in [6, 6.07) is 0. The minimum absolute atomic E-state index is 0.403. The molecule has 0 rings (SSSR count). The van der Waals surface area contributed by atoms with Crippen LogP contribution in [0.25, 0.3) is 0 Å². The second kappa shape index (κ2) is 4.53. The summed E-state index contributed by atoms with van der Waals surface area (Å²) < 4.78 is 0. The van der Waals surface area contributed by atoms with E-state index in [2.05, 4.69) is 0 Å². The van der Waals surface area contributed by atoms with Crippen molar-refractivity contribution in [2.24, 2.45) is 0 Å². The summed E-state index contributed by atoms with van der Waals surface area (Å²) in [5.41, 5.74) is 0. The molecule has 0 heterocycles. The molecule has 2 nitrogen and oxygen atoms in total. The maximum absolute atomic E-state index is 8.91. The standard InChI is InChI=1S/C7H14O2/c1-3-7(9)5-4-6(2)8/h4-9H,3H2,1-2H3/b5-4+. The van der Waals surface area contributed by atoms with Crippen molar-refractivity contribution in [1.82, 2.24) is 0 Å². The highest BCUT2D eigenvalue weighted by Crippen LogP contribution is 1.92. The van der Waals surface area contributed by atoms with Gasteiger partial charge in [0, 0.05) is 0 Å². The lowest BCUT2D eigenvalue weighted by Gasteiger charge is -1.99. The molecular formula is C7H14O2. The molecule has 0 aliphatic rings. The van der Waals surface area contributed by atoms with Gasteiger partial charge in [-0.25, -0.2) is 0 Å². The van der Waals surface area contributed by atoms with Crippen molar-refractivity contribution in [3.8, 4) is 0 Å². The van der Waals surface area contributed by atoms with Crippen LogP contribution < -0.4 is 0 Å². The zero-order chi connectivity index (χ0) is 7.28. The molecule has 0 saturated heterocycles. The van der Waals surface area contributed by atoms with Crippen molar-refractivity contribution in [2.45, 2.75) is 32.5 Å². The summed E-state index contributed by atoms with van der Waals surface area (Å²) in [5, 5.41) is 17.6. The molecule has 2 N–H and O–H groups in total. The number of aliphatic hydroxyl groups excluding tert-OH is 2. The Morgan fingerprint density at radius 2 is 1.89 bits per heavy atom. The molecule has 9 heavy (non-hydrogen) atoms. The maximum atomic E-state index is 8.91. The van der Waals surface area contributed by atoms with E-state index in [1.165, 1.54) is 0 Å². The van der Waals surface area contributed by atoms with Crippen LogP contribution >= 0.6 is 0 Å². The molecule has 2 unspecified atom stereocenters. The Balaban J connectivity index is 3.43. The quantitative estimate of drug-likeness (QED) is 0.552. The second-order valence-corrected chi connectivity index (χ2v) is 2.10. The Hall–Kier alpha value is -0.340. The van der Waals surface area contributed by atoms with Gasteiger partial charge in [0.1, 0.15) is 0 Å². The Labute approximate surface area is 55.8 Å². The van der Waals surface area contributed by atoms with Crippen molar-refractivity contribution < 1.29 is 10.2 Å². The van der Waals surface area contributed by atoms with Gasteiger partial charge in [0.05, 0.1) is 12.2 Å². The molecule has 0 fully saturated rings. The van der Waals surface area contributed by atoms with E-state index < -0.39 is 12.2 Å². The molecule has 0 aromatic heterocycles. The highest BCUT2D eigenvalue weighted by molar-refractivity contribution is 4.91. The molecule has 0 aromatic carbocycles. The predicted molar refractivity (Wildman–Crippen MR) is 37.1 cm³/mol. The van der Waals surface area contributed by atoms with Crippen LogP contribution in [-0.4, -0.2) is 22.4 Å². The monoisotopic (exact) mass is 130 g/mol. The molecule has 2 atom stereocenters. The Morgan fingerprint density at radius 3 is 2.22 bits per heavy atom. The molecule has 0 aromatic rings. The zero-order valence-corrected chi connectivity index (χ0v) is 5.91. The number of hydrogen-bond donors (Lipinski definition) is 2. The molecule has 0 amide bonds. The lowest BCUT2D eigenvalue weighted by molar-refractivity contribution is 0.211. The van der Waals surface area contributed by atoms with Gasteiger partial charge < -0.3 is 10.2 Å². The fraction of sp³-hybridized carbons (Fsp3) is 0.714. The topological polar surface area (TPSA) is 40.5 Å². The fourth-order valence-electron chi connectivity index (χ4n) is 0.425. The lowest BCUT2D eigenvalue weighted by atomic mass is 10.2. The molecule has 0 radical (unpaired) electrons. The Kier molecular flexibility index (Phi) is 4.36. The van der Waals surface area contributed by atoms with Crippen molar-refractivity contribution in [3.05, 3.63) is 12.2 Å². The van der Waals surface area contributed by atoms with Gasteiger partial charge in [0.25, 0.3) is 0 Å². The summed E-state index contributed by atoms with van der Waals surface area (Å²) in [5.74, 6) is 0. The van der Waals surface area contributed by atoms with E-state index in [0.29, 0.717) is 6.42 Å². The molecule has 2 heteroatoms. The summed E-state index contributed by atoms with van der Waals surface area (Å²) in [4.78, 5) is 0. The zero-order valence-electron chi connectivity index (χ0n) is 5.91. The van der Waals surface area contributed by atoms with Crippen LogP contribution in [0.5, 0.6) is 0 Å². The average Bonchev–Trinajstić information content (AvgIpc) is 1.83. The Bertz CT molecular complexity index is 86.9. The van der Waals surface area contributed by atoms with Crippen molar-refractivity contribution in [1.29, 1.82) is 0 Å². The van der Waals surface area contributed by atoms with Gasteiger partial charge >= 0.3 is 0 Å². The third-order valence-electron chi connectivity index (χ3n) is 1.03. The highest BCUT2D eigenvalue weighted by atomic mass is 16.3. The van der Waals surface area contributed by atoms with Gasteiger partial charge in [-0.2, -0.15) is 0 Å². The van der Waals surface area contributed by atoms with E-state index in [9.17, 15) is 0 Å². The van der Waals surface area contributed by atoms with E-state index >= 15 is 0 Å². The molecule has 54 valence electrons. The molecular weight excluding hydrogens is 116 g/mol. The third-order valence-corrected chi connectivity index (χ3v) is 1.03. The maximum Gasteiger partial charge on any atom is 0.0719 e. The van der Waals surface area contributed by atoms with Crippen molar-refractivity contribution in [2.75, 3.05) is 0 Å². The summed E-state index contributed by atoms with van der Waals surface area (Å²) in [6.07, 6.45) is 3.02. The first-order chi connectivity index (χ1) is 4.16. The SMILES string of the molecule is CCC(O)/C=C/C(C)O. The first kappa shape index (κ1) is 8.66. The van der Waals surface area contributed by atoms with E-state index in [1.54, 1.807) is 19.1 Å². The minimum Gasteiger partial charge on any atom is -0.389 e. The summed E-state index contributed by atoms with van der Waals surface area (Å²) in [7, 11) is 0. The van der Waals surface area contributed by atoms with Gasteiger partial charge in [0.2, 0.25) is 0 Å². The van der Waals surface area contributed by atoms with Crippen LogP contribution in [-0.2, 0) is 0 Å². The van der Waals surface area contributed by atoms with E-state index in [0.717, 1.165) is 0 Å². The normalized spacial score (nSPS) is 18.2. The fourth-order valence-corrected chi connectivity index (χ4v) is 0.425. The second-order valence-electron chi connectivity index (χ2n) is 2.10. The van der Waals surface area contributed by atoms with Crippen LogP contribution in [0.15, 0.2) is 12.2 Å². The minimum atomic E-state index is -0.453. The Morgan fingerprint density at radius 1 is 1.33 bits per heavy atom. The largest absolute Gasteiger partial charge is 0.389 e. The molecule has 0 spiro atoms. The molecule has 0 bridgehead atoms. The van der Waals surface area contributed by atoms with Crippen LogP contribution in [0.2, 0.25) is 0 Å². The smallest absolute Gasteiger partial charge is 0.0719 e. The lowest BCUT2D eigenvalue weighted by Crippen LogP contribution is -2.01. The van der Waals surface area contributed by atoms with Gasteiger partial charge in [-0.3, -0.25) is 0 Å². The number of rotatable bonds is 3. The van der Waals surface area contributed by atoms with Crippen molar-refractivity contribution in [3.63, 3.8) is 0 Å². The number of aliphatic hydroxyl groups is 2.